The Kier molecular flexibility index (Phi) is 5.22. The van der Waals surface area contributed by atoms with Gasteiger partial charge in [0.2, 0.25) is 0 Å². The van der Waals surface area contributed by atoms with Gasteiger partial charge in [0.05, 0.1) is 18.9 Å². The predicted molar refractivity (Wildman–Crippen MR) is 78.2 cm³/mol. The van der Waals surface area contributed by atoms with Crippen molar-refractivity contribution in [1.82, 2.24) is 20.2 Å². The number of hydrogen-bond donors (Lipinski definition) is 3. The van der Waals surface area contributed by atoms with E-state index in [1.807, 2.05) is 11.8 Å². The Morgan fingerprint density at radius 2 is 1.83 bits per heavy atom. The first-order valence-electron chi connectivity index (χ1n) is 7.22. The number of nitrogens with one attached hydrogen (secondary N) is 1. The molecule has 23 heavy (non-hydrogen) atoms. The minimum atomic E-state index is -1.20. The number of hydrogen-bond acceptors (Lipinski definition) is 6. The second kappa shape index (κ2) is 7.14. The van der Waals surface area contributed by atoms with E-state index >= 15 is 0 Å². The molecule has 9 nitrogen and oxygen atoms in total. The van der Waals surface area contributed by atoms with Crippen LogP contribution in [0, 0.1) is 0 Å². The molecular formula is C14H18N4O5. The summed E-state index contributed by atoms with van der Waals surface area (Å²) >= 11 is 0. The maximum absolute atomic E-state index is 12.0. The zero-order valence-electron chi connectivity index (χ0n) is 12.6. The van der Waals surface area contributed by atoms with Crippen LogP contribution in [0.1, 0.15) is 40.7 Å². The minimum absolute atomic E-state index is 0.00996. The third-order valence-electron chi connectivity index (χ3n) is 3.81. The van der Waals surface area contributed by atoms with Crippen LogP contribution in [0.5, 0.6) is 0 Å². The van der Waals surface area contributed by atoms with Crippen LogP contribution in [0.3, 0.4) is 0 Å². The molecule has 0 bridgehead atoms. The highest BCUT2D eigenvalue weighted by atomic mass is 16.4. The first kappa shape index (κ1) is 16.8. The van der Waals surface area contributed by atoms with Crippen LogP contribution in [0.2, 0.25) is 0 Å². The topological polar surface area (TPSA) is 133 Å². The SMILES string of the molecule is CCN(CC(=O)O)C1CC(NC(=O)c2cnc(C(=O)O)cn2)C1. The lowest BCUT2D eigenvalue weighted by atomic mass is 9.85. The third-order valence-corrected chi connectivity index (χ3v) is 3.81. The van der Waals surface area contributed by atoms with Crippen LogP contribution in [0.15, 0.2) is 12.4 Å². The van der Waals surface area contributed by atoms with Gasteiger partial charge < -0.3 is 15.5 Å². The van der Waals surface area contributed by atoms with Crippen molar-refractivity contribution in [3.8, 4) is 0 Å². The highest BCUT2D eigenvalue weighted by Gasteiger charge is 2.34. The van der Waals surface area contributed by atoms with Crippen molar-refractivity contribution in [2.75, 3.05) is 13.1 Å². The molecule has 1 aliphatic carbocycles. The van der Waals surface area contributed by atoms with Gasteiger partial charge in [0.25, 0.3) is 5.91 Å². The molecule has 0 aromatic carbocycles. The summed E-state index contributed by atoms with van der Waals surface area (Å²) in [4.78, 5) is 42.7. The van der Waals surface area contributed by atoms with E-state index in [4.69, 9.17) is 10.2 Å². The summed E-state index contributed by atoms with van der Waals surface area (Å²) in [7, 11) is 0. The van der Waals surface area contributed by atoms with E-state index < -0.39 is 17.8 Å². The van der Waals surface area contributed by atoms with Gasteiger partial charge in [-0.3, -0.25) is 14.5 Å². The van der Waals surface area contributed by atoms with Crippen LogP contribution in [0.4, 0.5) is 0 Å². The monoisotopic (exact) mass is 322 g/mol. The predicted octanol–water partition coefficient (Wildman–Crippen LogP) is -0.158. The van der Waals surface area contributed by atoms with Crippen LogP contribution >= 0.6 is 0 Å². The van der Waals surface area contributed by atoms with Crippen LogP contribution < -0.4 is 5.32 Å². The number of amides is 1. The van der Waals surface area contributed by atoms with E-state index in [9.17, 15) is 14.4 Å². The molecule has 0 spiro atoms. The van der Waals surface area contributed by atoms with Crippen LogP contribution in [0.25, 0.3) is 0 Å². The van der Waals surface area contributed by atoms with Gasteiger partial charge in [-0.05, 0) is 19.4 Å². The second-order valence-corrected chi connectivity index (χ2v) is 5.34. The normalized spacial score (nSPS) is 19.9. The lowest BCUT2D eigenvalue weighted by molar-refractivity contribution is -0.139. The van der Waals surface area contributed by atoms with Gasteiger partial charge in [-0.2, -0.15) is 0 Å². The maximum atomic E-state index is 12.0. The van der Waals surface area contributed by atoms with E-state index in [0.29, 0.717) is 19.4 Å². The molecule has 1 aromatic rings. The number of carbonyl (C=O) groups is 3. The van der Waals surface area contributed by atoms with E-state index in [1.165, 1.54) is 0 Å². The largest absolute Gasteiger partial charge is 0.480 e. The Balaban J connectivity index is 1.84. The number of aromatic carboxylic acids is 1. The molecule has 0 saturated heterocycles. The number of likely N-dealkylation sites (N-methyl/N-ethyl adjacent to an activating group) is 1. The number of rotatable bonds is 7. The molecule has 0 aliphatic heterocycles. The molecule has 1 fully saturated rings. The number of aromatic nitrogens is 2. The number of aliphatic carboxylic acids is 1. The van der Waals surface area contributed by atoms with Gasteiger partial charge in [0, 0.05) is 12.1 Å². The Hall–Kier alpha value is -2.55. The van der Waals surface area contributed by atoms with Gasteiger partial charge in [-0.1, -0.05) is 6.92 Å². The molecule has 0 unspecified atom stereocenters. The van der Waals surface area contributed by atoms with E-state index in [0.717, 1.165) is 12.4 Å². The van der Waals surface area contributed by atoms with Crippen molar-refractivity contribution >= 4 is 17.8 Å². The first-order valence-corrected chi connectivity index (χ1v) is 7.22. The average molecular weight is 322 g/mol. The molecule has 9 heteroatoms. The van der Waals surface area contributed by atoms with Crippen LogP contribution in [-0.4, -0.2) is 68.1 Å². The quantitative estimate of drug-likeness (QED) is 0.631. The van der Waals surface area contributed by atoms with Gasteiger partial charge in [-0.25, -0.2) is 14.8 Å². The highest BCUT2D eigenvalue weighted by molar-refractivity contribution is 5.93. The summed E-state index contributed by atoms with van der Waals surface area (Å²) < 4.78 is 0. The van der Waals surface area contributed by atoms with Gasteiger partial charge in [0.15, 0.2) is 5.69 Å². The Morgan fingerprint density at radius 3 is 2.30 bits per heavy atom. The standard InChI is InChI=1S/C14H18N4O5/c1-2-18(7-12(19)20)9-3-8(4-9)17-13(21)10-5-16-11(6-15-10)14(22)23/h5-6,8-9H,2-4,7H2,1H3,(H,17,21)(H,19,20)(H,22,23). The van der Waals surface area contributed by atoms with Crippen molar-refractivity contribution < 1.29 is 24.6 Å². The molecule has 1 aromatic heterocycles. The fourth-order valence-electron chi connectivity index (χ4n) is 2.49. The number of carboxylic acids is 2. The van der Waals surface area contributed by atoms with E-state index in [-0.39, 0.29) is 30.0 Å². The molecule has 1 heterocycles. The maximum Gasteiger partial charge on any atom is 0.356 e. The van der Waals surface area contributed by atoms with Gasteiger partial charge in [-0.15, -0.1) is 0 Å². The fraction of sp³-hybridized carbons (Fsp3) is 0.500. The lowest BCUT2D eigenvalue weighted by Gasteiger charge is -2.42. The summed E-state index contributed by atoms with van der Waals surface area (Å²) in [5, 5.41) is 20.3. The molecule has 3 N–H and O–H groups in total. The molecule has 1 saturated carbocycles. The number of carbonyl (C=O) groups excluding carboxylic acids is 1. The molecule has 0 atom stereocenters. The summed E-state index contributed by atoms with van der Waals surface area (Å²) in [6.45, 7) is 2.53. The molecule has 0 radical (unpaired) electrons. The van der Waals surface area contributed by atoms with Gasteiger partial charge >= 0.3 is 11.9 Å². The smallest absolute Gasteiger partial charge is 0.356 e. The number of carboxylic acid groups (broad SMARTS) is 2. The van der Waals surface area contributed by atoms with Crippen molar-refractivity contribution in [1.29, 1.82) is 0 Å². The van der Waals surface area contributed by atoms with E-state index in [2.05, 4.69) is 15.3 Å². The fourth-order valence-corrected chi connectivity index (χ4v) is 2.49. The van der Waals surface area contributed by atoms with Crippen molar-refractivity contribution in [2.45, 2.75) is 31.8 Å². The molecular weight excluding hydrogens is 304 g/mol. The highest BCUT2D eigenvalue weighted by Crippen LogP contribution is 2.25. The van der Waals surface area contributed by atoms with E-state index in [1.54, 1.807) is 0 Å². The minimum Gasteiger partial charge on any atom is -0.480 e. The van der Waals surface area contributed by atoms with Gasteiger partial charge in [0.1, 0.15) is 5.69 Å². The molecule has 1 aliphatic rings. The third kappa shape index (κ3) is 4.22. The van der Waals surface area contributed by atoms with Crippen LogP contribution in [-0.2, 0) is 4.79 Å². The molecule has 2 rings (SSSR count). The zero-order valence-corrected chi connectivity index (χ0v) is 12.6. The zero-order chi connectivity index (χ0) is 17.0. The summed E-state index contributed by atoms with van der Waals surface area (Å²) in [5.74, 6) is -2.49. The first-order chi connectivity index (χ1) is 10.9. The Labute approximate surface area is 132 Å². The van der Waals surface area contributed by atoms with Crippen molar-refractivity contribution in [3.63, 3.8) is 0 Å². The summed E-state index contributed by atoms with van der Waals surface area (Å²) in [6, 6.07) is 0.0955. The summed E-state index contributed by atoms with van der Waals surface area (Å²) in [5.41, 5.74) is -0.172. The molecule has 1 amide bonds. The Bertz CT molecular complexity index is 598. The van der Waals surface area contributed by atoms with Crippen molar-refractivity contribution in [2.24, 2.45) is 0 Å². The molecule has 124 valence electrons. The van der Waals surface area contributed by atoms with Crippen molar-refractivity contribution in [3.05, 3.63) is 23.8 Å². The number of nitrogens with zero attached hydrogens (tertiary/aromatic N) is 3. The summed E-state index contributed by atoms with van der Waals surface area (Å²) in [6.07, 6.45) is 3.51. The average Bonchev–Trinajstić information content (AvgIpc) is 2.48. The lowest BCUT2D eigenvalue weighted by Crippen LogP contribution is -2.54. The second-order valence-electron chi connectivity index (χ2n) is 5.34. The Morgan fingerprint density at radius 1 is 1.22 bits per heavy atom.